The van der Waals surface area contributed by atoms with Gasteiger partial charge < -0.3 is 19.8 Å². The van der Waals surface area contributed by atoms with Crippen LogP contribution in [0.4, 0.5) is 11.4 Å². The molecule has 2 aromatic rings. The molecule has 0 aliphatic carbocycles. The molecular weight excluding hydrogens is 474 g/mol. The maximum atomic E-state index is 12.9. The van der Waals surface area contributed by atoms with Crippen LogP contribution in [0, 0.1) is 22.0 Å². The largest absolute Gasteiger partial charge is 0.490 e. The highest BCUT2D eigenvalue weighted by atomic mass is 16.6. The highest BCUT2D eigenvalue weighted by Gasteiger charge is 2.29. The Morgan fingerprint density at radius 1 is 1.36 bits per heavy atom. The van der Waals surface area contributed by atoms with Crippen molar-refractivity contribution in [3.63, 3.8) is 0 Å². The van der Waals surface area contributed by atoms with Gasteiger partial charge in [0.1, 0.15) is 12.3 Å². The van der Waals surface area contributed by atoms with E-state index in [0.717, 1.165) is 19.1 Å². The van der Waals surface area contributed by atoms with E-state index in [2.05, 4.69) is 15.6 Å². The monoisotopic (exact) mass is 505 g/mol. The number of hydroxylamine groups is 2. The number of aromatic nitrogens is 1. The summed E-state index contributed by atoms with van der Waals surface area (Å²) in [5.41, 5.74) is -0.0557. The summed E-state index contributed by atoms with van der Waals surface area (Å²) in [7, 11) is 1.28. The Hall–Kier alpha value is -4.00. The summed E-state index contributed by atoms with van der Waals surface area (Å²) < 4.78 is 10.5. The minimum Gasteiger partial charge on any atom is -0.490 e. The van der Waals surface area contributed by atoms with Gasteiger partial charge in [-0.05, 0) is 18.4 Å². The van der Waals surface area contributed by atoms with Crippen LogP contribution in [0.2, 0.25) is 0 Å². The summed E-state index contributed by atoms with van der Waals surface area (Å²) in [6.07, 6.45) is 3.42. The van der Waals surface area contributed by atoms with E-state index in [-0.39, 0.29) is 53.5 Å². The molecule has 0 aliphatic rings. The standard InChI is InChI=1S/C23H31N5O8/c1-5-6-7-15(11-27(32)13-29)21(30)26-20(14(2)3)23-25-17(12-36-23)22(31)24-16-8-9-18(28(33)34)19(10-16)35-4/h8-10,12-15,20,32H,5-7,11H2,1-4H3,(H,24,31)(H,26,30)/t15-,20+/m1/s1. The predicted octanol–water partition coefficient (Wildman–Crippen LogP) is 3.31. The SMILES string of the molecule is CCCC[C@H](CN(O)C=O)C(=O)N[C@H](c1nc(C(=O)Nc2ccc([N+](=O)[O-])c(OC)c2)co1)C(C)C. The highest BCUT2D eigenvalue weighted by Crippen LogP contribution is 2.30. The summed E-state index contributed by atoms with van der Waals surface area (Å²) in [5.74, 6) is -1.73. The number of oxazole rings is 1. The number of hydrogen-bond donors (Lipinski definition) is 3. The number of unbranched alkanes of at least 4 members (excludes halogenated alkanes) is 1. The number of nitrogens with one attached hydrogen (secondary N) is 2. The number of methoxy groups -OCH3 is 1. The first-order valence-corrected chi connectivity index (χ1v) is 11.4. The third-order valence-corrected chi connectivity index (χ3v) is 5.43. The highest BCUT2D eigenvalue weighted by molar-refractivity contribution is 6.02. The zero-order chi connectivity index (χ0) is 26.8. The second-order valence-corrected chi connectivity index (χ2v) is 8.47. The van der Waals surface area contributed by atoms with Crippen molar-refractivity contribution in [1.29, 1.82) is 0 Å². The molecule has 3 N–H and O–H groups in total. The van der Waals surface area contributed by atoms with Crippen LogP contribution in [-0.4, -0.2) is 52.1 Å². The number of carbonyl (C=O) groups excluding carboxylic acids is 3. The van der Waals surface area contributed by atoms with Gasteiger partial charge >= 0.3 is 5.69 Å². The number of carbonyl (C=O) groups is 3. The van der Waals surface area contributed by atoms with Crippen molar-refractivity contribution in [3.8, 4) is 5.75 Å². The Kier molecular flexibility index (Phi) is 10.3. The molecule has 0 saturated heterocycles. The predicted molar refractivity (Wildman–Crippen MR) is 127 cm³/mol. The van der Waals surface area contributed by atoms with Crippen molar-refractivity contribution in [2.75, 3.05) is 19.0 Å². The first-order chi connectivity index (χ1) is 17.1. The summed E-state index contributed by atoms with van der Waals surface area (Å²) in [6.45, 7) is 5.48. The van der Waals surface area contributed by atoms with Crippen LogP contribution in [-0.2, 0) is 9.59 Å². The van der Waals surface area contributed by atoms with Gasteiger partial charge in [-0.3, -0.25) is 29.7 Å². The number of anilines is 1. The number of nitro groups is 1. The first kappa shape index (κ1) is 28.2. The average molecular weight is 506 g/mol. The molecule has 0 unspecified atom stereocenters. The molecule has 0 spiro atoms. The second-order valence-electron chi connectivity index (χ2n) is 8.47. The zero-order valence-corrected chi connectivity index (χ0v) is 20.6. The van der Waals surface area contributed by atoms with Gasteiger partial charge in [0.25, 0.3) is 5.91 Å². The summed E-state index contributed by atoms with van der Waals surface area (Å²) in [6, 6.07) is 3.21. The fourth-order valence-corrected chi connectivity index (χ4v) is 3.45. The molecule has 1 aromatic carbocycles. The molecule has 196 valence electrons. The Balaban J connectivity index is 2.17. The van der Waals surface area contributed by atoms with Gasteiger partial charge in [0, 0.05) is 17.8 Å². The number of rotatable bonds is 14. The van der Waals surface area contributed by atoms with E-state index < -0.39 is 22.8 Å². The lowest BCUT2D eigenvalue weighted by Crippen LogP contribution is -2.40. The van der Waals surface area contributed by atoms with Crippen LogP contribution >= 0.6 is 0 Å². The molecule has 13 heteroatoms. The lowest BCUT2D eigenvalue weighted by molar-refractivity contribution is -0.385. The molecule has 0 fully saturated rings. The van der Waals surface area contributed by atoms with Crippen LogP contribution in [0.25, 0.3) is 0 Å². The minimum atomic E-state index is -0.675. The van der Waals surface area contributed by atoms with Gasteiger partial charge in [-0.2, -0.15) is 0 Å². The normalized spacial score (nSPS) is 12.5. The second kappa shape index (κ2) is 13.2. The maximum Gasteiger partial charge on any atom is 0.311 e. The first-order valence-electron chi connectivity index (χ1n) is 11.4. The van der Waals surface area contributed by atoms with E-state index in [4.69, 9.17) is 9.15 Å². The lowest BCUT2D eigenvalue weighted by atomic mass is 9.98. The zero-order valence-electron chi connectivity index (χ0n) is 20.6. The van der Waals surface area contributed by atoms with E-state index in [9.17, 15) is 29.7 Å². The Labute approximate surface area is 207 Å². The van der Waals surface area contributed by atoms with E-state index in [0.29, 0.717) is 11.5 Å². The van der Waals surface area contributed by atoms with Crippen molar-refractivity contribution in [3.05, 3.63) is 46.2 Å². The van der Waals surface area contributed by atoms with Gasteiger partial charge in [0.15, 0.2) is 11.4 Å². The Bertz CT molecular complexity index is 1070. The van der Waals surface area contributed by atoms with E-state index in [1.54, 1.807) is 0 Å². The van der Waals surface area contributed by atoms with Crippen molar-refractivity contribution in [2.45, 2.75) is 46.1 Å². The van der Waals surface area contributed by atoms with Crippen LogP contribution in [0.3, 0.4) is 0 Å². The lowest BCUT2D eigenvalue weighted by Gasteiger charge is -2.24. The molecule has 36 heavy (non-hydrogen) atoms. The number of nitrogens with zero attached hydrogens (tertiary/aromatic N) is 3. The molecule has 0 aliphatic heterocycles. The quantitative estimate of drug-likeness (QED) is 0.150. The van der Waals surface area contributed by atoms with Gasteiger partial charge in [-0.25, -0.2) is 10.0 Å². The molecule has 3 amide bonds. The van der Waals surface area contributed by atoms with Gasteiger partial charge in [-0.1, -0.05) is 33.6 Å². The van der Waals surface area contributed by atoms with Crippen LogP contribution in [0.15, 0.2) is 28.9 Å². The third kappa shape index (κ3) is 7.50. The topological polar surface area (TPSA) is 177 Å². The van der Waals surface area contributed by atoms with Crippen molar-refractivity contribution >= 4 is 29.6 Å². The van der Waals surface area contributed by atoms with Gasteiger partial charge in [0.2, 0.25) is 18.2 Å². The summed E-state index contributed by atoms with van der Waals surface area (Å²) in [4.78, 5) is 51.1. The minimum absolute atomic E-state index is 0.0186. The van der Waals surface area contributed by atoms with Gasteiger partial charge in [0.05, 0.1) is 24.5 Å². The molecular formula is C23H31N5O8. The van der Waals surface area contributed by atoms with E-state index >= 15 is 0 Å². The molecule has 2 atom stereocenters. The number of amides is 3. The van der Waals surface area contributed by atoms with E-state index in [1.807, 2.05) is 20.8 Å². The molecule has 1 aromatic heterocycles. The fourth-order valence-electron chi connectivity index (χ4n) is 3.45. The van der Waals surface area contributed by atoms with E-state index in [1.165, 1.54) is 25.3 Å². The van der Waals surface area contributed by atoms with Crippen molar-refractivity contribution < 1.29 is 33.7 Å². The van der Waals surface area contributed by atoms with Crippen LogP contribution in [0.5, 0.6) is 5.75 Å². The number of hydrogen-bond acceptors (Lipinski definition) is 9. The molecule has 0 radical (unpaired) electrons. The summed E-state index contributed by atoms with van der Waals surface area (Å²) in [5, 5.41) is 26.5. The molecule has 1 heterocycles. The molecule has 2 rings (SSSR count). The van der Waals surface area contributed by atoms with Crippen LogP contribution in [0.1, 0.15) is 62.5 Å². The number of nitro benzene ring substituents is 1. The average Bonchev–Trinajstić information content (AvgIpc) is 3.34. The molecule has 0 bridgehead atoms. The van der Waals surface area contributed by atoms with Crippen molar-refractivity contribution in [2.24, 2.45) is 11.8 Å². The molecule has 0 saturated carbocycles. The maximum absolute atomic E-state index is 12.9. The van der Waals surface area contributed by atoms with Crippen molar-refractivity contribution in [1.82, 2.24) is 15.4 Å². The molecule has 13 nitrogen and oxygen atoms in total. The third-order valence-electron chi connectivity index (χ3n) is 5.43. The fraction of sp³-hybridized carbons (Fsp3) is 0.478. The smallest absolute Gasteiger partial charge is 0.311 e. The summed E-state index contributed by atoms with van der Waals surface area (Å²) >= 11 is 0. The Morgan fingerprint density at radius 3 is 2.67 bits per heavy atom. The Morgan fingerprint density at radius 2 is 2.08 bits per heavy atom. The van der Waals surface area contributed by atoms with Crippen LogP contribution < -0.4 is 15.4 Å². The number of benzene rings is 1. The van der Waals surface area contributed by atoms with Gasteiger partial charge in [-0.15, -0.1) is 0 Å². The number of ether oxygens (including phenoxy) is 1.